The molecule has 4 nitrogen and oxygen atoms in total. The van der Waals surface area contributed by atoms with Crippen LogP contribution in [-0.2, 0) is 0 Å². The van der Waals surface area contributed by atoms with Crippen molar-refractivity contribution in [1.82, 2.24) is 4.98 Å². The zero-order valence-electron chi connectivity index (χ0n) is 5.92. The molecule has 0 aliphatic heterocycles. The van der Waals surface area contributed by atoms with Crippen LogP contribution in [0.25, 0.3) is 0 Å². The molecule has 1 N–H and O–H groups in total. The number of nitrogens with zero attached hydrogens (tertiary/aromatic N) is 1. The van der Waals surface area contributed by atoms with Gasteiger partial charge in [0.2, 0.25) is 0 Å². The average Bonchev–Trinajstić information content (AvgIpc) is 2.04. The van der Waals surface area contributed by atoms with Gasteiger partial charge in [-0.2, -0.15) is 5.26 Å². The van der Waals surface area contributed by atoms with Gasteiger partial charge in [-0.05, 0) is 12.1 Å². The molecule has 11 heavy (non-hydrogen) atoms. The maximum atomic E-state index is 10.9. The summed E-state index contributed by atoms with van der Waals surface area (Å²) < 4.78 is 4.69. The van der Waals surface area contributed by atoms with E-state index in [0.29, 0.717) is 0 Å². The molecule has 0 spiro atoms. The van der Waals surface area contributed by atoms with Crippen molar-refractivity contribution in [2.24, 2.45) is 0 Å². The van der Waals surface area contributed by atoms with Gasteiger partial charge in [-0.15, -0.1) is 0 Å². The van der Waals surface area contributed by atoms with E-state index >= 15 is 0 Å². The number of pyridine rings is 1. The number of methoxy groups -OCH3 is 1. The molecule has 56 valence electrons. The van der Waals surface area contributed by atoms with Crippen LogP contribution in [-0.4, -0.2) is 12.1 Å². The molecular weight excluding hydrogens is 144 g/mol. The van der Waals surface area contributed by atoms with E-state index in [1.165, 1.54) is 19.2 Å². The highest BCUT2D eigenvalue weighted by Crippen LogP contribution is 1.99. The van der Waals surface area contributed by atoms with E-state index in [4.69, 9.17) is 10.00 Å². The van der Waals surface area contributed by atoms with Crippen LogP contribution < -0.4 is 10.3 Å². The van der Waals surface area contributed by atoms with Crippen molar-refractivity contribution in [2.45, 2.75) is 0 Å². The average molecular weight is 150 g/mol. The molecule has 0 unspecified atom stereocenters. The van der Waals surface area contributed by atoms with E-state index in [-0.39, 0.29) is 17.0 Å². The standard InChI is InChI=1S/C7H6N2O2/c1-11-6-3-2-5(4-8)9-7(6)10/h2-3H,1H3,(H,9,10). The van der Waals surface area contributed by atoms with Gasteiger partial charge in [0.15, 0.2) is 5.75 Å². The first-order chi connectivity index (χ1) is 5.27. The van der Waals surface area contributed by atoms with Gasteiger partial charge in [-0.3, -0.25) is 4.79 Å². The van der Waals surface area contributed by atoms with Gasteiger partial charge in [0.05, 0.1) is 7.11 Å². The minimum atomic E-state index is -0.383. The lowest BCUT2D eigenvalue weighted by atomic mass is 10.3. The van der Waals surface area contributed by atoms with Crippen LogP contribution in [0.4, 0.5) is 0 Å². The van der Waals surface area contributed by atoms with Crippen molar-refractivity contribution in [3.63, 3.8) is 0 Å². The van der Waals surface area contributed by atoms with E-state index < -0.39 is 0 Å². The van der Waals surface area contributed by atoms with E-state index in [2.05, 4.69) is 4.98 Å². The lowest BCUT2D eigenvalue weighted by Gasteiger charge is -1.95. The second-order valence-corrected chi connectivity index (χ2v) is 1.88. The molecule has 0 saturated heterocycles. The van der Waals surface area contributed by atoms with Gasteiger partial charge in [0, 0.05) is 0 Å². The highest BCUT2D eigenvalue weighted by atomic mass is 16.5. The fourth-order valence-corrected chi connectivity index (χ4v) is 0.686. The Morgan fingerprint density at radius 2 is 2.36 bits per heavy atom. The Balaban J connectivity index is 3.23. The Labute approximate surface area is 63.0 Å². The van der Waals surface area contributed by atoms with Gasteiger partial charge < -0.3 is 9.72 Å². The van der Waals surface area contributed by atoms with Crippen LogP contribution in [0.2, 0.25) is 0 Å². The van der Waals surface area contributed by atoms with Crippen LogP contribution >= 0.6 is 0 Å². The molecule has 1 aromatic rings. The number of rotatable bonds is 1. The number of hydrogen-bond acceptors (Lipinski definition) is 3. The molecule has 0 aliphatic carbocycles. The molecule has 1 aromatic heterocycles. The van der Waals surface area contributed by atoms with Gasteiger partial charge >= 0.3 is 0 Å². The third-order valence-corrected chi connectivity index (χ3v) is 1.21. The number of hydrogen-bond donors (Lipinski definition) is 1. The molecule has 0 amide bonds. The summed E-state index contributed by atoms with van der Waals surface area (Å²) in [5.74, 6) is 0.212. The van der Waals surface area contributed by atoms with Crippen LogP contribution in [0.5, 0.6) is 5.75 Å². The second-order valence-electron chi connectivity index (χ2n) is 1.88. The van der Waals surface area contributed by atoms with Crippen molar-refractivity contribution in [3.8, 4) is 11.8 Å². The number of nitriles is 1. The van der Waals surface area contributed by atoms with Crippen molar-refractivity contribution >= 4 is 0 Å². The molecule has 0 aliphatic rings. The van der Waals surface area contributed by atoms with Crippen molar-refractivity contribution in [1.29, 1.82) is 5.26 Å². The van der Waals surface area contributed by atoms with E-state index in [9.17, 15) is 4.79 Å². The maximum absolute atomic E-state index is 10.9. The summed E-state index contributed by atoms with van der Waals surface area (Å²) in [7, 11) is 1.40. The molecule has 0 bridgehead atoms. The Bertz CT molecular complexity index is 348. The normalized spacial score (nSPS) is 8.73. The number of ether oxygens (including phenoxy) is 1. The monoisotopic (exact) mass is 150 g/mol. The van der Waals surface area contributed by atoms with Crippen molar-refractivity contribution in [2.75, 3.05) is 7.11 Å². The first-order valence-corrected chi connectivity index (χ1v) is 2.95. The number of H-pyrrole nitrogens is 1. The van der Waals surface area contributed by atoms with Crippen molar-refractivity contribution < 1.29 is 4.74 Å². The molecule has 1 rings (SSSR count). The van der Waals surface area contributed by atoms with E-state index in [0.717, 1.165) is 0 Å². The third-order valence-electron chi connectivity index (χ3n) is 1.21. The minimum Gasteiger partial charge on any atom is -0.491 e. The summed E-state index contributed by atoms with van der Waals surface area (Å²) in [5.41, 5.74) is -0.151. The predicted molar refractivity (Wildman–Crippen MR) is 38.3 cm³/mol. The predicted octanol–water partition coefficient (Wildman–Crippen LogP) is 0.255. The number of aromatic nitrogens is 1. The quantitative estimate of drug-likeness (QED) is 0.624. The van der Waals surface area contributed by atoms with E-state index in [1.807, 2.05) is 6.07 Å². The molecule has 1 heterocycles. The summed E-state index contributed by atoms with van der Waals surface area (Å²) >= 11 is 0. The molecule has 0 atom stereocenters. The summed E-state index contributed by atoms with van der Waals surface area (Å²) in [6.45, 7) is 0. The molecule has 4 heteroatoms. The topological polar surface area (TPSA) is 65.9 Å². The van der Waals surface area contributed by atoms with Gasteiger partial charge in [0.1, 0.15) is 11.8 Å². The Kier molecular flexibility index (Phi) is 1.93. The number of nitrogens with one attached hydrogen (secondary N) is 1. The number of aromatic amines is 1. The van der Waals surface area contributed by atoms with Crippen LogP contribution in [0.15, 0.2) is 16.9 Å². The van der Waals surface area contributed by atoms with Crippen LogP contribution in [0.3, 0.4) is 0 Å². The summed E-state index contributed by atoms with van der Waals surface area (Å²) in [6, 6.07) is 4.75. The van der Waals surface area contributed by atoms with Gasteiger partial charge in [-0.25, -0.2) is 0 Å². The Hall–Kier alpha value is -1.76. The fourth-order valence-electron chi connectivity index (χ4n) is 0.686. The van der Waals surface area contributed by atoms with Gasteiger partial charge in [0.25, 0.3) is 5.56 Å². The van der Waals surface area contributed by atoms with Crippen LogP contribution in [0.1, 0.15) is 5.69 Å². The summed E-state index contributed by atoms with van der Waals surface area (Å²) in [6.07, 6.45) is 0. The SMILES string of the molecule is COc1ccc(C#N)[nH]c1=O. The third kappa shape index (κ3) is 1.38. The molecular formula is C7H6N2O2. The largest absolute Gasteiger partial charge is 0.491 e. The lowest BCUT2D eigenvalue weighted by molar-refractivity contribution is 0.408. The first kappa shape index (κ1) is 7.35. The fraction of sp³-hybridized carbons (Fsp3) is 0.143. The minimum absolute atomic E-state index is 0.212. The smallest absolute Gasteiger partial charge is 0.291 e. The highest BCUT2D eigenvalue weighted by molar-refractivity contribution is 5.26. The Morgan fingerprint density at radius 1 is 1.64 bits per heavy atom. The van der Waals surface area contributed by atoms with E-state index in [1.54, 1.807) is 0 Å². The molecule has 0 saturated carbocycles. The van der Waals surface area contributed by atoms with Crippen LogP contribution in [0, 0.1) is 11.3 Å². The first-order valence-electron chi connectivity index (χ1n) is 2.95. The molecule has 0 fully saturated rings. The molecule has 0 radical (unpaired) electrons. The zero-order chi connectivity index (χ0) is 8.27. The zero-order valence-corrected chi connectivity index (χ0v) is 5.92. The molecule has 0 aromatic carbocycles. The van der Waals surface area contributed by atoms with Gasteiger partial charge in [-0.1, -0.05) is 0 Å². The lowest BCUT2D eigenvalue weighted by Crippen LogP contribution is -2.09. The summed E-state index contributed by atoms with van der Waals surface area (Å²) in [4.78, 5) is 13.2. The highest BCUT2D eigenvalue weighted by Gasteiger charge is 1.97. The second kappa shape index (κ2) is 2.88. The maximum Gasteiger partial charge on any atom is 0.291 e. The summed E-state index contributed by atoms with van der Waals surface area (Å²) in [5, 5.41) is 8.36. The Morgan fingerprint density at radius 3 is 2.82 bits per heavy atom. The van der Waals surface area contributed by atoms with Crippen molar-refractivity contribution in [3.05, 3.63) is 28.2 Å².